The van der Waals surface area contributed by atoms with Gasteiger partial charge < -0.3 is 5.11 Å². The number of hydrogen-bond donors (Lipinski definition) is 1. The molecule has 1 atom stereocenters. The van der Waals surface area contributed by atoms with E-state index >= 15 is 0 Å². The Balaban J connectivity index is 2.35. The predicted octanol–water partition coefficient (Wildman–Crippen LogP) is 2.32. The van der Waals surface area contributed by atoms with Crippen molar-refractivity contribution in [1.29, 1.82) is 0 Å². The van der Waals surface area contributed by atoms with Gasteiger partial charge in [0.05, 0.1) is 17.1 Å². The Morgan fingerprint density at radius 3 is 2.94 bits per heavy atom. The summed E-state index contributed by atoms with van der Waals surface area (Å²) in [6.07, 6.45) is 0.512. The maximum atomic E-state index is 13.2. The van der Waals surface area contributed by atoms with Crippen molar-refractivity contribution >= 4 is 11.5 Å². The Labute approximate surface area is 103 Å². The molecule has 0 fully saturated rings. The number of pyridine rings is 1. The van der Waals surface area contributed by atoms with Crippen molar-refractivity contribution in [2.24, 2.45) is 0 Å². The van der Waals surface area contributed by atoms with Crippen LogP contribution in [-0.4, -0.2) is 20.7 Å². The molecule has 0 aliphatic heterocycles. The molecule has 94 valence electrons. The van der Waals surface area contributed by atoms with E-state index in [0.29, 0.717) is 11.9 Å². The monoisotopic (exact) mass is 248 g/mol. The van der Waals surface area contributed by atoms with Crippen LogP contribution in [0.15, 0.2) is 18.2 Å². The first-order chi connectivity index (χ1) is 8.40. The number of aromatic nitrogens is 2. The van der Waals surface area contributed by atoms with Gasteiger partial charge in [-0.1, -0.05) is 19.9 Å². The molecule has 2 aromatic heterocycles. The van der Waals surface area contributed by atoms with Crippen molar-refractivity contribution in [3.8, 4) is 0 Å². The third-order valence-electron chi connectivity index (χ3n) is 3.65. The molecule has 2 heterocycles. The van der Waals surface area contributed by atoms with Gasteiger partial charge in [0.25, 0.3) is 0 Å². The SMILES string of the molecule is CC1(C)CC(C(=O)O)c2ccc3cc(F)nn3c21. The lowest BCUT2D eigenvalue weighted by Gasteiger charge is -2.19. The maximum absolute atomic E-state index is 13.2. The summed E-state index contributed by atoms with van der Waals surface area (Å²) in [5, 5.41) is 13.1. The highest BCUT2D eigenvalue weighted by molar-refractivity contribution is 5.78. The number of carboxylic acids is 1. The van der Waals surface area contributed by atoms with Crippen LogP contribution in [0.5, 0.6) is 0 Å². The van der Waals surface area contributed by atoms with Gasteiger partial charge in [-0.2, -0.15) is 4.39 Å². The van der Waals surface area contributed by atoms with Crippen LogP contribution >= 0.6 is 0 Å². The summed E-state index contributed by atoms with van der Waals surface area (Å²) in [5.74, 6) is -1.92. The normalized spacial score (nSPS) is 21.2. The fourth-order valence-electron chi connectivity index (χ4n) is 2.94. The molecule has 0 aromatic carbocycles. The standard InChI is InChI=1S/C13H13FN2O2/c1-13(2)6-9(12(17)18)8-4-3-7-5-10(14)15-16(7)11(8)13/h3-5,9H,6H2,1-2H3,(H,17,18). The highest BCUT2D eigenvalue weighted by atomic mass is 19.1. The Bertz CT molecular complexity index is 660. The van der Waals surface area contributed by atoms with Crippen molar-refractivity contribution in [2.45, 2.75) is 31.6 Å². The third kappa shape index (κ3) is 1.36. The minimum atomic E-state index is -0.839. The first-order valence-corrected chi connectivity index (χ1v) is 5.81. The Morgan fingerprint density at radius 1 is 1.56 bits per heavy atom. The van der Waals surface area contributed by atoms with Gasteiger partial charge in [0.15, 0.2) is 0 Å². The minimum absolute atomic E-state index is 0.323. The second kappa shape index (κ2) is 3.31. The highest BCUT2D eigenvalue weighted by Crippen LogP contribution is 2.45. The molecule has 0 bridgehead atoms. The number of fused-ring (bicyclic) bond motifs is 3. The Morgan fingerprint density at radius 2 is 2.28 bits per heavy atom. The van der Waals surface area contributed by atoms with Crippen molar-refractivity contribution in [3.63, 3.8) is 0 Å². The zero-order valence-electron chi connectivity index (χ0n) is 10.1. The molecular weight excluding hydrogens is 235 g/mol. The van der Waals surface area contributed by atoms with E-state index in [2.05, 4.69) is 5.10 Å². The van der Waals surface area contributed by atoms with Gasteiger partial charge in [-0.15, -0.1) is 5.10 Å². The van der Waals surface area contributed by atoms with Gasteiger partial charge in [-0.25, -0.2) is 4.52 Å². The fraction of sp³-hybridized carbons (Fsp3) is 0.385. The molecular formula is C13H13FN2O2. The van der Waals surface area contributed by atoms with Crippen LogP contribution in [-0.2, 0) is 10.2 Å². The second-order valence-electron chi connectivity index (χ2n) is 5.42. The topological polar surface area (TPSA) is 54.6 Å². The van der Waals surface area contributed by atoms with Gasteiger partial charge in [0, 0.05) is 11.5 Å². The number of halogens is 1. The number of rotatable bonds is 1. The molecule has 1 aliphatic rings. The number of carbonyl (C=O) groups is 1. The molecule has 0 radical (unpaired) electrons. The highest BCUT2D eigenvalue weighted by Gasteiger charge is 2.42. The van der Waals surface area contributed by atoms with E-state index < -0.39 is 17.8 Å². The molecule has 1 N–H and O–H groups in total. The van der Waals surface area contributed by atoms with E-state index in [-0.39, 0.29) is 5.41 Å². The first kappa shape index (κ1) is 11.2. The van der Waals surface area contributed by atoms with Gasteiger partial charge >= 0.3 is 5.97 Å². The molecule has 0 saturated carbocycles. The van der Waals surface area contributed by atoms with Crippen LogP contribution in [0.4, 0.5) is 4.39 Å². The summed E-state index contributed by atoms with van der Waals surface area (Å²) in [7, 11) is 0. The summed E-state index contributed by atoms with van der Waals surface area (Å²) in [5.41, 5.74) is 1.88. The van der Waals surface area contributed by atoms with Crippen LogP contribution in [0.3, 0.4) is 0 Å². The minimum Gasteiger partial charge on any atom is -0.481 e. The average molecular weight is 248 g/mol. The van der Waals surface area contributed by atoms with Crippen LogP contribution in [0, 0.1) is 5.95 Å². The van der Waals surface area contributed by atoms with E-state index in [1.807, 2.05) is 13.8 Å². The summed E-state index contributed by atoms with van der Waals surface area (Å²) in [6, 6.07) is 4.84. The summed E-state index contributed by atoms with van der Waals surface area (Å²) >= 11 is 0. The molecule has 1 aliphatic carbocycles. The van der Waals surface area contributed by atoms with Crippen molar-refractivity contribution in [1.82, 2.24) is 9.61 Å². The first-order valence-electron chi connectivity index (χ1n) is 5.81. The van der Waals surface area contributed by atoms with E-state index in [1.165, 1.54) is 10.6 Å². The predicted molar refractivity (Wildman–Crippen MR) is 63.2 cm³/mol. The molecule has 0 amide bonds. The third-order valence-corrected chi connectivity index (χ3v) is 3.65. The molecule has 5 heteroatoms. The number of aliphatic carboxylic acids is 1. The van der Waals surface area contributed by atoms with Crippen molar-refractivity contribution < 1.29 is 14.3 Å². The molecule has 0 saturated heterocycles. The van der Waals surface area contributed by atoms with Gasteiger partial charge in [-0.05, 0) is 18.1 Å². The van der Waals surface area contributed by atoms with Gasteiger partial charge in [0.2, 0.25) is 5.95 Å². The second-order valence-corrected chi connectivity index (χ2v) is 5.42. The van der Waals surface area contributed by atoms with E-state index in [9.17, 15) is 14.3 Å². The number of nitrogens with zero attached hydrogens (tertiary/aromatic N) is 2. The molecule has 3 rings (SSSR count). The Kier molecular flexibility index (Phi) is 2.06. The summed E-state index contributed by atoms with van der Waals surface area (Å²) < 4.78 is 14.8. The molecule has 0 spiro atoms. The summed E-state index contributed by atoms with van der Waals surface area (Å²) in [6.45, 7) is 3.93. The number of hydrogen-bond acceptors (Lipinski definition) is 2. The van der Waals surface area contributed by atoms with Crippen LogP contribution in [0.25, 0.3) is 5.52 Å². The van der Waals surface area contributed by atoms with Crippen LogP contribution < -0.4 is 0 Å². The summed E-state index contributed by atoms with van der Waals surface area (Å²) in [4.78, 5) is 11.3. The lowest BCUT2D eigenvalue weighted by atomic mass is 9.89. The van der Waals surface area contributed by atoms with E-state index in [0.717, 1.165) is 11.3 Å². The van der Waals surface area contributed by atoms with E-state index in [4.69, 9.17) is 0 Å². The van der Waals surface area contributed by atoms with Crippen LogP contribution in [0.1, 0.15) is 37.4 Å². The molecule has 1 unspecified atom stereocenters. The van der Waals surface area contributed by atoms with Gasteiger partial charge in [-0.3, -0.25) is 4.79 Å². The number of carboxylic acid groups (broad SMARTS) is 1. The van der Waals surface area contributed by atoms with Gasteiger partial charge in [0.1, 0.15) is 0 Å². The maximum Gasteiger partial charge on any atom is 0.311 e. The molecule has 18 heavy (non-hydrogen) atoms. The van der Waals surface area contributed by atoms with Crippen molar-refractivity contribution in [3.05, 3.63) is 35.4 Å². The lowest BCUT2D eigenvalue weighted by Crippen LogP contribution is -2.17. The smallest absolute Gasteiger partial charge is 0.311 e. The largest absolute Gasteiger partial charge is 0.481 e. The zero-order valence-corrected chi connectivity index (χ0v) is 10.1. The fourth-order valence-corrected chi connectivity index (χ4v) is 2.94. The van der Waals surface area contributed by atoms with E-state index in [1.54, 1.807) is 12.1 Å². The lowest BCUT2D eigenvalue weighted by molar-refractivity contribution is -0.139. The van der Waals surface area contributed by atoms with Crippen LogP contribution in [0.2, 0.25) is 0 Å². The molecule has 4 nitrogen and oxygen atoms in total. The average Bonchev–Trinajstić information content (AvgIpc) is 2.75. The quantitative estimate of drug-likeness (QED) is 0.842. The zero-order chi connectivity index (χ0) is 13.1. The van der Waals surface area contributed by atoms with Crippen molar-refractivity contribution in [2.75, 3.05) is 0 Å². The Hall–Kier alpha value is -1.91. The molecule has 2 aromatic rings.